The summed E-state index contributed by atoms with van der Waals surface area (Å²) in [5.74, 6) is 1.54. The van der Waals surface area contributed by atoms with Crippen molar-refractivity contribution < 1.29 is 9.22 Å². The predicted molar refractivity (Wildman–Crippen MR) is 175 cm³/mol. The number of allylic oxidation sites excluding steroid dienone is 1. The molecular formula is C39H43N2O+. The van der Waals surface area contributed by atoms with Gasteiger partial charge in [-0.1, -0.05) is 85.3 Å². The van der Waals surface area contributed by atoms with Gasteiger partial charge in [0.1, 0.15) is 18.7 Å². The SMILES string of the molecule is CC[C@H]1C[N@+]2(Cc3c4ccccc4cc4ccccc34)CC[C@H]1C[C@@H]2[C@H](OCC=C(C)C)c1ccnc2ccccc12. The molecule has 4 heterocycles. The molecule has 0 saturated carbocycles. The van der Waals surface area contributed by atoms with Gasteiger partial charge < -0.3 is 9.22 Å². The van der Waals surface area contributed by atoms with Crippen LogP contribution in [0.2, 0.25) is 0 Å². The Kier molecular flexibility index (Phi) is 7.34. The second-order valence-electron chi connectivity index (χ2n) is 13.1. The van der Waals surface area contributed by atoms with E-state index in [1.165, 1.54) is 76.0 Å². The summed E-state index contributed by atoms with van der Waals surface area (Å²) in [6.45, 7) is 10.9. The number of quaternary nitrogens is 1. The van der Waals surface area contributed by atoms with Gasteiger partial charge >= 0.3 is 0 Å². The summed E-state index contributed by atoms with van der Waals surface area (Å²) in [6, 6.07) is 31.7. The van der Waals surface area contributed by atoms with Gasteiger partial charge in [0.05, 0.1) is 25.2 Å². The second-order valence-corrected chi connectivity index (χ2v) is 13.1. The van der Waals surface area contributed by atoms with Crippen molar-refractivity contribution in [2.45, 2.75) is 58.7 Å². The van der Waals surface area contributed by atoms with Crippen LogP contribution in [0.25, 0.3) is 32.4 Å². The molecule has 42 heavy (non-hydrogen) atoms. The van der Waals surface area contributed by atoms with E-state index in [4.69, 9.17) is 9.72 Å². The van der Waals surface area contributed by atoms with E-state index in [1.54, 1.807) is 0 Å². The molecule has 3 aliphatic heterocycles. The van der Waals surface area contributed by atoms with E-state index in [0.717, 1.165) is 28.4 Å². The molecule has 5 aromatic rings. The predicted octanol–water partition coefficient (Wildman–Crippen LogP) is 9.40. The highest BCUT2D eigenvalue weighted by Gasteiger charge is 2.55. The fraction of sp³-hybridized carbons (Fsp3) is 0.359. The number of ether oxygens (including phenoxy) is 1. The fourth-order valence-corrected chi connectivity index (χ4v) is 8.33. The summed E-state index contributed by atoms with van der Waals surface area (Å²) in [7, 11) is 0. The fourth-order valence-electron chi connectivity index (χ4n) is 8.33. The van der Waals surface area contributed by atoms with Crippen LogP contribution in [0.3, 0.4) is 0 Å². The van der Waals surface area contributed by atoms with Crippen molar-refractivity contribution in [3.63, 3.8) is 0 Å². The monoisotopic (exact) mass is 555 g/mol. The zero-order valence-electron chi connectivity index (χ0n) is 25.3. The van der Waals surface area contributed by atoms with Crippen LogP contribution in [0.15, 0.2) is 103 Å². The average molecular weight is 556 g/mol. The summed E-state index contributed by atoms with van der Waals surface area (Å²) in [6.07, 6.45) is 8.03. The van der Waals surface area contributed by atoms with Crippen molar-refractivity contribution in [3.8, 4) is 0 Å². The van der Waals surface area contributed by atoms with Gasteiger partial charge in [0.2, 0.25) is 0 Å². The summed E-state index contributed by atoms with van der Waals surface area (Å²) in [5.41, 5.74) is 5.16. The molecule has 0 aliphatic carbocycles. The van der Waals surface area contributed by atoms with Gasteiger partial charge in [0.25, 0.3) is 0 Å². The molecule has 0 radical (unpaired) electrons. The van der Waals surface area contributed by atoms with Gasteiger partial charge in [-0.25, -0.2) is 0 Å². The molecular weight excluding hydrogens is 512 g/mol. The number of benzene rings is 4. The number of fused-ring (bicyclic) bond motifs is 6. The van der Waals surface area contributed by atoms with Crippen LogP contribution in [-0.2, 0) is 11.3 Å². The normalized spacial score (nSPS) is 24.3. The van der Waals surface area contributed by atoms with E-state index in [-0.39, 0.29) is 6.10 Å². The van der Waals surface area contributed by atoms with Crippen molar-refractivity contribution in [1.82, 2.24) is 4.98 Å². The first-order valence-electron chi connectivity index (χ1n) is 15.9. The molecule has 3 heteroatoms. The molecule has 5 atom stereocenters. The molecule has 3 fully saturated rings. The number of para-hydroxylation sites is 1. The van der Waals surface area contributed by atoms with E-state index >= 15 is 0 Å². The van der Waals surface area contributed by atoms with E-state index in [0.29, 0.717) is 12.6 Å². The zero-order chi connectivity index (χ0) is 28.7. The third-order valence-corrected chi connectivity index (χ3v) is 10.4. The first-order chi connectivity index (χ1) is 20.6. The summed E-state index contributed by atoms with van der Waals surface area (Å²) >= 11 is 0. The van der Waals surface area contributed by atoms with Crippen molar-refractivity contribution >= 4 is 32.4 Å². The van der Waals surface area contributed by atoms with Crippen molar-refractivity contribution in [3.05, 3.63) is 114 Å². The van der Waals surface area contributed by atoms with Gasteiger partial charge in [-0.05, 0) is 71.5 Å². The smallest absolute Gasteiger partial charge is 0.135 e. The molecule has 0 spiro atoms. The maximum Gasteiger partial charge on any atom is 0.135 e. The average Bonchev–Trinajstić information content (AvgIpc) is 3.03. The molecule has 3 aliphatic rings. The first-order valence-corrected chi connectivity index (χ1v) is 15.9. The number of hydrogen-bond acceptors (Lipinski definition) is 2. The molecule has 3 saturated heterocycles. The molecule has 0 amide bonds. The Morgan fingerprint density at radius 1 is 0.929 bits per heavy atom. The van der Waals surface area contributed by atoms with E-state index in [2.05, 4.69) is 112 Å². The third kappa shape index (κ3) is 4.83. The Morgan fingerprint density at radius 2 is 1.62 bits per heavy atom. The molecule has 0 N–H and O–H groups in total. The largest absolute Gasteiger partial charge is 0.363 e. The Hall–Kier alpha value is -3.53. The molecule has 4 aromatic carbocycles. The number of aromatic nitrogens is 1. The lowest BCUT2D eigenvalue weighted by atomic mass is 9.70. The van der Waals surface area contributed by atoms with Crippen LogP contribution < -0.4 is 0 Å². The lowest BCUT2D eigenvalue weighted by Crippen LogP contribution is -2.68. The lowest BCUT2D eigenvalue weighted by molar-refractivity contribution is -0.985. The molecule has 8 rings (SSSR count). The van der Waals surface area contributed by atoms with Crippen LogP contribution in [0.4, 0.5) is 0 Å². The van der Waals surface area contributed by atoms with Gasteiger partial charge in [-0.3, -0.25) is 4.98 Å². The Labute approximate surface area is 250 Å². The summed E-state index contributed by atoms with van der Waals surface area (Å²) in [5, 5.41) is 6.72. The van der Waals surface area contributed by atoms with Gasteiger partial charge in [-0.15, -0.1) is 0 Å². The first kappa shape index (κ1) is 27.3. The highest BCUT2D eigenvalue weighted by Crippen LogP contribution is 2.50. The Bertz CT molecular complexity index is 1710. The van der Waals surface area contributed by atoms with Crippen molar-refractivity contribution in [1.29, 1.82) is 0 Å². The molecule has 3 nitrogen and oxygen atoms in total. The minimum Gasteiger partial charge on any atom is -0.363 e. The van der Waals surface area contributed by atoms with Crippen molar-refractivity contribution in [2.24, 2.45) is 11.8 Å². The highest BCUT2D eigenvalue weighted by molar-refractivity contribution is 6.02. The standard InChI is InChI=1S/C39H43N2O/c1-4-28-25-41(26-36-32-13-7-5-11-30(32)23-31-12-6-8-14-33(31)36)21-18-29(28)24-38(41)39(42-22-19-27(2)3)35-17-20-40-37-16-10-9-15-34(35)37/h5-17,19-20,23,28-29,38-39H,4,18,21-22,24-26H2,1-3H3/q+1/t28-,29-,38+,39+,41-/m0/s1. The van der Waals surface area contributed by atoms with Crippen LogP contribution in [-0.4, -0.2) is 35.2 Å². The highest BCUT2D eigenvalue weighted by atomic mass is 16.5. The molecule has 1 aromatic heterocycles. The zero-order valence-corrected chi connectivity index (χ0v) is 25.3. The Morgan fingerprint density at radius 3 is 2.33 bits per heavy atom. The lowest BCUT2D eigenvalue weighted by Gasteiger charge is -2.59. The minimum absolute atomic E-state index is 0.00958. The minimum atomic E-state index is 0.00958. The van der Waals surface area contributed by atoms with E-state index in [1.807, 2.05) is 6.20 Å². The number of pyridine rings is 1. The second kappa shape index (κ2) is 11.3. The van der Waals surface area contributed by atoms with Crippen LogP contribution in [0.5, 0.6) is 0 Å². The number of nitrogens with zero attached hydrogens (tertiary/aromatic N) is 2. The number of piperidine rings is 3. The van der Waals surface area contributed by atoms with E-state index in [9.17, 15) is 0 Å². The maximum absolute atomic E-state index is 7.03. The quantitative estimate of drug-likeness (QED) is 0.108. The summed E-state index contributed by atoms with van der Waals surface area (Å²) < 4.78 is 8.13. The molecule has 214 valence electrons. The van der Waals surface area contributed by atoms with Crippen molar-refractivity contribution in [2.75, 3.05) is 19.7 Å². The maximum atomic E-state index is 7.03. The van der Waals surface area contributed by atoms with E-state index < -0.39 is 0 Å². The van der Waals surface area contributed by atoms with Gasteiger partial charge in [-0.2, -0.15) is 0 Å². The molecule has 0 unspecified atom stereocenters. The van der Waals surface area contributed by atoms with Crippen LogP contribution in [0, 0.1) is 11.8 Å². The molecule has 2 bridgehead atoms. The Balaban J connectivity index is 1.40. The topological polar surface area (TPSA) is 22.1 Å². The van der Waals surface area contributed by atoms with Gasteiger partial charge in [0.15, 0.2) is 0 Å². The third-order valence-electron chi connectivity index (χ3n) is 10.4. The van der Waals surface area contributed by atoms with Crippen LogP contribution in [0.1, 0.15) is 57.3 Å². The number of rotatable bonds is 8. The van der Waals surface area contributed by atoms with Crippen LogP contribution >= 0.6 is 0 Å². The summed E-state index contributed by atoms with van der Waals surface area (Å²) in [4.78, 5) is 4.73. The van der Waals surface area contributed by atoms with Gasteiger partial charge in [0, 0.05) is 35.9 Å². The number of hydrogen-bond donors (Lipinski definition) is 0.